The van der Waals surface area contributed by atoms with E-state index in [9.17, 15) is 4.39 Å². The zero-order valence-electron chi connectivity index (χ0n) is 9.93. The zero-order valence-corrected chi connectivity index (χ0v) is 9.93. The lowest BCUT2D eigenvalue weighted by Crippen LogP contribution is -2.23. The topological polar surface area (TPSA) is 33.3 Å². The lowest BCUT2D eigenvalue weighted by Gasteiger charge is -2.09. The van der Waals surface area contributed by atoms with E-state index < -0.39 is 6.17 Å². The molecule has 0 aromatic carbocycles. The van der Waals surface area contributed by atoms with Crippen LogP contribution in [0.15, 0.2) is 23.6 Å². The van der Waals surface area contributed by atoms with E-state index in [2.05, 4.69) is 10.6 Å². The lowest BCUT2D eigenvalue weighted by atomic mass is 10.3. The molecule has 0 fully saturated rings. The van der Waals surface area contributed by atoms with Crippen LogP contribution in [0.1, 0.15) is 13.8 Å². The van der Waals surface area contributed by atoms with Gasteiger partial charge in [-0.3, -0.25) is 0 Å². The van der Waals surface area contributed by atoms with Crippen molar-refractivity contribution in [1.82, 2.24) is 10.6 Å². The Morgan fingerprint density at radius 2 is 2.00 bits per heavy atom. The van der Waals surface area contributed by atoms with Crippen molar-refractivity contribution in [3.63, 3.8) is 0 Å². The number of alkyl halides is 1. The molecule has 0 aliphatic heterocycles. The van der Waals surface area contributed by atoms with Crippen LogP contribution in [-0.2, 0) is 4.74 Å². The number of rotatable bonds is 7. The minimum atomic E-state index is -0.965. The highest BCUT2D eigenvalue weighted by Gasteiger charge is 2.04. The number of halogens is 1. The van der Waals surface area contributed by atoms with Crippen molar-refractivity contribution in [3.8, 4) is 0 Å². The fourth-order valence-electron chi connectivity index (χ4n) is 0.876. The Morgan fingerprint density at radius 3 is 2.53 bits per heavy atom. The summed E-state index contributed by atoms with van der Waals surface area (Å²) in [6.45, 7) is 4.17. The second-order valence-corrected chi connectivity index (χ2v) is 3.34. The molecule has 2 N–H and O–H groups in total. The number of allylic oxidation sites excluding steroid dienone is 4. The van der Waals surface area contributed by atoms with E-state index in [0.717, 1.165) is 5.70 Å². The molecular weight excluding hydrogens is 195 g/mol. The standard InChI is InChI=1S/C11H21FN2O/c1-9(14-4)5-6-10(2)15-8-11(12)7-13-3/h5-6,11,13-14H,7-8H2,1-4H3/b9-5-,10-6+. The highest BCUT2D eigenvalue weighted by molar-refractivity contribution is 5.10. The highest BCUT2D eigenvalue weighted by atomic mass is 19.1. The average molecular weight is 216 g/mol. The molecule has 0 aliphatic rings. The molecule has 4 heteroatoms. The number of nitrogens with one attached hydrogen (secondary N) is 2. The average Bonchev–Trinajstić information content (AvgIpc) is 2.23. The molecule has 0 aromatic heterocycles. The van der Waals surface area contributed by atoms with Gasteiger partial charge in [-0.25, -0.2) is 4.39 Å². The Kier molecular flexibility index (Phi) is 7.72. The fourth-order valence-corrected chi connectivity index (χ4v) is 0.876. The van der Waals surface area contributed by atoms with Crippen LogP contribution in [0.5, 0.6) is 0 Å². The third-order valence-corrected chi connectivity index (χ3v) is 1.88. The normalized spacial score (nSPS) is 15.0. The monoisotopic (exact) mass is 216 g/mol. The van der Waals surface area contributed by atoms with Crippen molar-refractivity contribution in [2.45, 2.75) is 20.0 Å². The summed E-state index contributed by atoms with van der Waals surface area (Å²) in [5.74, 6) is 0.711. The maximum absolute atomic E-state index is 13.0. The maximum atomic E-state index is 13.0. The molecule has 0 saturated heterocycles. The first-order valence-corrected chi connectivity index (χ1v) is 5.04. The van der Waals surface area contributed by atoms with Crippen molar-refractivity contribution in [2.24, 2.45) is 0 Å². The summed E-state index contributed by atoms with van der Waals surface area (Å²) in [5, 5.41) is 5.74. The Balaban J connectivity index is 3.87. The van der Waals surface area contributed by atoms with Crippen LogP contribution < -0.4 is 10.6 Å². The minimum absolute atomic E-state index is 0.0929. The highest BCUT2D eigenvalue weighted by Crippen LogP contribution is 2.00. The van der Waals surface area contributed by atoms with Gasteiger partial charge in [-0.05, 0) is 33.0 Å². The molecule has 15 heavy (non-hydrogen) atoms. The number of ether oxygens (including phenoxy) is 1. The summed E-state index contributed by atoms with van der Waals surface area (Å²) in [4.78, 5) is 0. The molecule has 0 spiro atoms. The molecule has 1 unspecified atom stereocenters. The van der Waals surface area contributed by atoms with E-state index in [-0.39, 0.29) is 6.61 Å². The van der Waals surface area contributed by atoms with Gasteiger partial charge in [0.2, 0.25) is 0 Å². The quantitative estimate of drug-likeness (QED) is 0.501. The van der Waals surface area contributed by atoms with Gasteiger partial charge in [-0.1, -0.05) is 0 Å². The maximum Gasteiger partial charge on any atom is 0.146 e. The molecule has 0 radical (unpaired) electrons. The van der Waals surface area contributed by atoms with E-state index in [4.69, 9.17) is 4.74 Å². The van der Waals surface area contributed by atoms with Crippen LogP contribution in [0, 0.1) is 0 Å². The van der Waals surface area contributed by atoms with Crippen molar-refractivity contribution >= 4 is 0 Å². The van der Waals surface area contributed by atoms with Crippen molar-refractivity contribution in [2.75, 3.05) is 27.2 Å². The third kappa shape index (κ3) is 8.00. The largest absolute Gasteiger partial charge is 0.495 e. The summed E-state index contributed by atoms with van der Waals surface area (Å²) in [6.07, 6.45) is 2.74. The first-order chi connectivity index (χ1) is 7.10. The number of hydrogen-bond donors (Lipinski definition) is 2. The molecule has 0 aromatic rings. The van der Waals surface area contributed by atoms with Gasteiger partial charge in [-0.15, -0.1) is 0 Å². The van der Waals surface area contributed by atoms with Crippen LogP contribution in [0.4, 0.5) is 4.39 Å². The summed E-state index contributed by atoms with van der Waals surface area (Å²) in [7, 11) is 3.56. The lowest BCUT2D eigenvalue weighted by molar-refractivity contribution is 0.135. The second-order valence-electron chi connectivity index (χ2n) is 3.34. The summed E-state index contributed by atoms with van der Waals surface area (Å²) in [6, 6.07) is 0. The SMILES string of the molecule is CNCC(F)CO/C(C)=C/C=C(/C)NC. The molecule has 0 saturated carbocycles. The second kappa shape index (κ2) is 8.29. The van der Waals surface area contributed by atoms with Crippen LogP contribution in [-0.4, -0.2) is 33.4 Å². The van der Waals surface area contributed by atoms with Gasteiger partial charge in [0.05, 0.1) is 5.76 Å². The van der Waals surface area contributed by atoms with E-state index in [1.807, 2.05) is 33.0 Å². The third-order valence-electron chi connectivity index (χ3n) is 1.88. The van der Waals surface area contributed by atoms with Gasteiger partial charge < -0.3 is 15.4 Å². The van der Waals surface area contributed by atoms with Crippen LogP contribution in [0.2, 0.25) is 0 Å². The molecule has 0 amide bonds. The molecule has 0 heterocycles. The first-order valence-electron chi connectivity index (χ1n) is 5.04. The van der Waals surface area contributed by atoms with Gasteiger partial charge in [-0.2, -0.15) is 0 Å². The van der Waals surface area contributed by atoms with Gasteiger partial charge in [0.15, 0.2) is 0 Å². The van der Waals surface area contributed by atoms with Crippen molar-refractivity contribution < 1.29 is 9.13 Å². The zero-order chi connectivity index (χ0) is 11.7. The summed E-state index contributed by atoms with van der Waals surface area (Å²) in [5.41, 5.74) is 1.03. The molecule has 1 atom stereocenters. The van der Waals surface area contributed by atoms with Crippen LogP contribution >= 0.6 is 0 Å². The Morgan fingerprint density at radius 1 is 1.33 bits per heavy atom. The van der Waals surface area contributed by atoms with E-state index in [1.54, 1.807) is 7.05 Å². The minimum Gasteiger partial charge on any atom is -0.495 e. The van der Waals surface area contributed by atoms with E-state index in [0.29, 0.717) is 12.3 Å². The predicted molar refractivity (Wildman–Crippen MR) is 61.3 cm³/mol. The van der Waals surface area contributed by atoms with Gasteiger partial charge in [0, 0.05) is 19.3 Å². The Hall–Kier alpha value is -1.03. The molecule has 0 aliphatic carbocycles. The molecule has 88 valence electrons. The Bertz CT molecular complexity index is 227. The molecule has 0 bridgehead atoms. The molecule has 3 nitrogen and oxygen atoms in total. The van der Waals surface area contributed by atoms with Gasteiger partial charge in [0.25, 0.3) is 0 Å². The summed E-state index contributed by atoms with van der Waals surface area (Å²) >= 11 is 0. The van der Waals surface area contributed by atoms with Crippen molar-refractivity contribution in [3.05, 3.63) is 23.6 Å². The van der Waals surface area contributed by atoms with E-state index >= 15 is 0 Å². The molecule has 0 rings (SSSR count). The molecular formula is C11H21FN2O. The van der Waals surface area contributed by atoms with Crippen molar-refractivity contribution in [1.29, 1.82) is 0 Å². The fraction of sp³-hybridized carbons (Fsp3) is 0.636. The smallest absolute Gasteiger partial charge is 0.146 e. The summed E-state index contributed by atoms with van der Waals surface area (Å²) < 4.78 is 18.2. The van der Waals surface area contributed by atoms with Crippen LogP contribution in [0.25, 0.3) is 0 Å². The van der Waals surface area contributed by atoms with Gasteiger partial charge in [0.1, 0.15) is 12.8 Å². The van der Waals surface area contributed by atoms with E-state index in [1.165, 1.54) is 0 Å². The number of hydrogen-bond acceptors (Lipinski definition) is 3. The first kappa shape index (κ1) is 14.0. The Labute approximate surface area is 91.4 Å². The van der Waals surface area contributed by atoms with Crippen LogP contribution in [0.3, 0.4) is 0 Å². The predicted octanol–water partition coefficient (Wildman–Crippen LogP) is 1.59. The van der Waals surface area contributed by atoms with Gasteiger partial charge >= 0.3 is 0 Å².